The summed E-state index contributed by atoms with van der Waals surface area (Å²) in [6, 6.07) is 5.55. The molecule has 1 fully saturated rings. The summed E-state index contributed by atoms with van der Waals surface area (Å²) in [6.45, 7) is 3.28. The first-order valence-electron chi connectivity index (χ1n) is 8.76. The maximum atomic E-state index is 12.6. The van der Waals surface area contributed by atoms with E-state index in [0.29, 0.717) is 24.1 Å². The number of ether oxygens (including phenoxy) is 1. The van der Waals surface area contributed by atoms with E-state index < -0.39 is 6.61 Å². The predicted octanol–water partition coefficient (Wildman–Crippen LogP) is 2.13. The zero-order valence-corrected chi connectivity index (χ0v) is 18.7. The van der Waals surface area contributed by atoms with Crippen LogP contribution in [0.5, 0.6) is 5.75 Å². The molecule has 0 aliphatic carbocycles. The summed E-state index contributed by atoms with van der Waals surface area (Å²) in [5, 5.41) is 6.49. The van der Waals surface area contributed by atoms with E-state index in [1.54, 1.807) is 19.2 Å². The molecule has 2 N–H and O–H groups in total. The molecule has 1 unspecified atom stereocenters. The molecule has 1 atom stereocenters. The van der Waals surface area contributed by atoms with Crippen LogP contribution in [0.4, 0.5) is 8.78 Å². The van der Waals surface area contributed by atoms with Crippen LogP contribution in [-0.2, 0) is 6.54 Å². The molecule has 154 valence electrons. The van der Waals surface area contributed by atoms with Crippen LogP contribution in [0.15, 0.2) is 23.2 Å². The molecule has 1 aromatic carbocycles. The molecule has 2 rings (SSSR count). The van der Waals surface area contributed by atoms with Gasteiger partial charge >= 0.3 is 6.61 Å². The first kappa shape index (κ1) is 23.8. The first-order valence-corrected chi connectivity index (χ1v) is 8.76. The normalized spacial score (nSPS) is 18.9. The van der Waals surface area contributed by atoms with Gasteiger partial charge in [-0.2, -0.15) is 8.78 Å². The molecule has 0 amide bonds. The molecular formula is C18H30F2IN5O. The van der Waals surface area contributed by atoms with Crippen molar-refractivity contribution < 1.29 is 13.5 Å². The van der Waals surface area contributed by atoms with Crippen molar-refractivity contribution in [1.82, 2.24) is 20.4 Å². The molecule has 0 bridgehead atoms. The standard InChI is InChI=1S/C18H29F2N5O.HI/c1-13-5-6-16(26-17(19)20)14(9-13)10-22-18(21-2)23-11-15-12-24(3)7-8-25(15)4;/h5-6,9,15,17H,7-8,10-12H2,1-4H3,(H2,21,22,23);1H. The number of hydrogen-bond acceptors (Lipinski definition) is 4. The largest absolute Gasteiger partial charge is 0.434 e. The number of aliphatic imine (C=N–C) groups is 1. The van der Waals surface area contributed by atoms with Crippen LogP contribution in [-0.4, -0.2) is 75.7 Å². The number of aryl methyl sites for hydroxylation is 1. The summed E-state index contributed by atoms with van der Waals surface area (Å²) in [5.41, 5.74) is 1.65. The van der Waals surface area contributed by atoms with Gasteiger partial charge in [0, 0.05) is 51.4 Å². The number of likely N-dealkylation sites (N-methyl/N-ethyl adjacent to an activating group) is 2. The zero-order chi connectivity index (χ0) is 19.1. The third-order valence-electron chi connectivity index (χ3n) is 4.59. The van der Waals surface area contributed by atoms with Crippen molar-refractivity contribution in [3.8, 4) is 5.75 Å². The SMILES string of the molecule is CN=C(NCc1cc(C)ccc1OC(F)F)NCC1CN(C)CCN1C.I. The fraction of sp³-hybridized carbons (Fsp3) is 0.611. The molecule has 0 radical (unpaired) electrons. The molecular weight excluding hydrogens is 467 g/mol. The molecule has 1 aromatic rings. The Labute approximate surface area is 177 Å². The maximum absolute atomic E-state index is 12.6. The van der Waals surface area contributed by atoms with Crippen LogP contribution < -0.4 is 15.4 Å². The van der Waals surface area contributed by atoms with Gasteiger partial charge in [0.1, 0.15) is 5.75 Å². The fourth-order valence-electron chi connectivity index (χ4n) is 2.99. The lowest BCUT2D eigenvalue weighted by molar-refractivity contribution is -0.0504. The van der Waals surface area contributed by atoms with Crippen molar-refractivity contribution in [1.29, 1.82) is 0 Å². The quantitative estimate of drug-likeness (QED) is 0.359. The molecule has 6 nitrogen and oxygen atoms in total. The van der Waals surface area contributed by atoms with E-state index in [1.165, 1.54) is 0 Å². The number of hydrogen-bond donors (Lipinski definition) is 2. The van der Waals surface area contributed by atoms with E-state index in [1.807, 2.05) is 13.0 Å². The maximum Gasteiger partial charge on any atom is 0.387 e. The summed E-state index contributed by atoms with van der Waals surface area (Å²) in [4.78, 5) is 8.86. The molecule has 1 aliphatic heterocycles. The van der Waals surface area contributed by atoms with Crippen molar-refractivity contribution in [3.05, 3.63) is 29.3 Å². The smallest absolute Gasteiger partial charge is 0.387 e. The van der Waals surface area contributed by atoms with Crippen LogP contribution in [0.3, 0.4) is 0 Å². The molecule has 1 aliphatic rings. The third-order valence-corrected chi connectivity index (χ3v) is 4.59. The van der Waals surface area contributed by atoms with Gasteiger partial charge in [-0.1, -0.05) is 17.7 Å². The Morgan fingerprint density at radius 3 is 2.70 bits per heavy atom. The van der Waals surface area contributed by atoms with E-state index in [2.05, 4.69) is 44.3 Å². The van der Waals surface area contributed by atoms with Gasteiger partial charge in [0.15, 0.2) is 5.96 Å². The van der Waals surface area contributed by atoms with Crippen LogP contribution in [0.2, 0.25) is 0 Å². The first-order chi connectivity index (χ1) is 12.4. The molecule has 0 saturated carbocycles. The number of nitrogens with zero attached hydrogens (tertiary/aromatic N) is 3. The average molecular weight is 497 g/mol. The fourth-order valence-corrected chi connectivity index (χ4v) is 2.99. The number of nitrogens with one attached hydrogen (secondary N) is 2. The minimum atomic E-state index is -2.84. The minimum Gasteiger partial charge on any atom is -0.434 e. The van der Waals surface area contributed by atoms with Crippen LogP contribution in [0.1, 0.15) is 11.1 Å². The van der Waals surface area contributed by atoms with Gasteiger partial charge in [-0.15, -0.1) is 24.0 Å². The topological polar surface area (TPSA) is 52.1 Å². The highest BCUT2D eigenvalue weighted by Crippen LogP contribution is 2.21. The lowest BCUT2D eigenvalue weighted by Crippen LogP contribution is -2.55. The summed E-state index contributed by atoms with van der Waals surface area (Å²) in [6.07, 6.45) is 0. The number of piperazine rings is 1. The van der Waals surface area contributed by atoms with Gasteiger partial charge < -0.3 is 20.3 Å². The van der Waals surface area contributed by atoms with E-state index in [0.717, 1.165) is 31.7 Å². The monoisotopic (exact) mass is 497 g/mol. The number of rotatable bonds is 6. The van der Waals surface area contributed by atoms with Gasteiger partial charge in [0.2, 0.25) is 0 Å². The van der Waals surface area contributed by atoms with E-state index in [4.69, 9.17) is 0 Å². The van der Waals surface area contributed by atoms with Crippen molar-refractivity contribution in [3.63, 3.8) is 0 Å². The van der Waals surface area contributed by atoms with Crippen LogP contribution in [0, 0.1) is 6.92 Å². The Balaban J connectivity index is 0.00000364. The molecule has 1 saturated heterocycles. The van der Waals surface area contributed by atoms with E-state index in [9.17, 15) is 8.78 Å². The molecule has 27 heavy (non-hydrogen) atoms. The molecule has 0 aromatic heterocycles. The summed E-state index contributed by atoms with van der Waals surface area (Å²) in [5.74, 6) is 0.818. The second-order valence-corrected chi connectivity index (χ2v) is 6.69. The number of benzene rings is 1. The third kappa shape index (κ3) is 7.74. The summed E-state index contributed by atoms with van der Waals surface area (Å²) >= 11 is 0. The Kier molecular flexibility index (Phi) is 10.2. The molecule has 1 heterocycles. The predicted molar refractivity (Wildman–Crippen MR) is 115 cm³/mol. The number of guanidine groups is 1. The summed E-state index contributed by atoms with van der Waals surface area (Å²) in [7, 11) is 5.93. The van der Waals surface area contributed by atoms with Gasteiger partial charge in [-0.3, -0.25) is 9.89 Å². The molecule has 0 spiro atoms. The van der Waals surface area contributed by atoms with Gasteiger partial charge in [0.05, 0.1) is 0 Å². The Morgan fingerprint density at radius 1 is 1.30 bits per heavy atom. The zero-order valence-electron chi connectivity index (χ0n) is 16.3. The van der Waals surface area contributed by atoms with E-state index in [-0.39, 0.29) is 29.7 Å². The van der Waals surface area contributed by atoms with Crippen LogP contribution >= 0.6 is 24.0 Å². The Bertz CT molecular complexity index is 617. The van der Waals surface area contributed by atoms with Gasteiger partial charge in [-0.05, 0) is 27.1 Å². The van der Waals surface area contributed by atoms with Crippen LogP contribution in [0.25, 0.3) is 0 Å². The lowest BCUT2D eigenvalue weighted by atomic mass is 10.1. The number of alkyl halides is 2. The average Bonchev–Trinajstić information content (AvgIpc) is 2.59. The second kappa shape index (κ2) is 11.6. The van der Waals surface area contributed by atoms with Crippen molar-refractivity contribution >= 4 is 29.9 Å². The summed E-state index contributed by atoms with van der Waals surface area (Å²) < 4.78 is 29.7. The highest BCUT2D eigenvalue weighted by atomic mass is 127. The van der Waals surface area contributed by atoms with Gasteiger partial charge in [0.25, 0.3) is 0 Å². The van der Waals surface area contributed by atoms with Crippen molar-refractivity contribution in [2.24, 2.45) is 4.99 Å². The van der Waals surface area contributed by atoms with Crippen molar-refractivity contribution in [2.45, 2.75) is 26.1 Å². The Morgan fingerprint density at radius 2 is 2.04 bits per heavy atom. The second-order valence-electron chi connectivity index (χ2n) is 6.69. The molecule has 9 heteroatoms. The Hall–Kier alpha value is -1.20. The van der Waals surface area contributed by atoms with E-state index >= 15 is 0 Å². The number of halogens is 3. The van der Waals surface area contributed by atoms with Crippen molar-refractivity contribution in [2.75, 3.05) is 47.3 Å². The minimum absolute atomic E-state index is 0. The highest BCUT2D eigenvalue weighted by Gasteiger charge is 2.22. The lowest BCUT2D eigenvalue weighted by Gasteiger charge is -2.37. The van der Waals surface area contributed by atoms with Gasteiger partial charge in [-0.25, -0.2) is 0 Å². The highest BCUT2D eigenvalue weighted by molar-refractivity contribution is 14.0.